The Morgan fingerprint density at radius 2 is 1.56 bits per heavy atom. The summed E-state index contributed by atoms with van der Waals surface area (Å²) in [6.07, 6.45) is 4.79. The van der Waals surface area contributed by atoms with Crippen LogP contribution in [0.5, 0.6) is 5.75 Å². The van der Waals surface area contributed by atoms with Crippen molar-refractivity contribution in [3.8, 4) is 5.75 Å². The Labute approximate surface area is 186 Å². The SMILES string of the molecule is O=C(Nc1ccc(OC2CCCC2)cc1)c1ccc(S(=O)(=O)Nc2ccccc2F)cc1. The van der Waals surface area contributed by atoms with Crippen LogP contribution in [0.2, 0.25) is 0 Å². The largest absolute Gasteiger partial charge is 0.490 e. The van der Waals surface area contributed by atoms with Gasteiger partial charge in [0, 0.05) is 11.3 Å². The normalized spacial score (nSPS) is 14.2. The molecule has 6 nitrogen and oxygen atoms in total. The van der Waals surface area contributed by atoms with Crippen LogP contribution in [0.1, 0.15) is 36.0 Å². The molecule has 1 amide bonds. The number of para-hydroxylation sites is 1. The molecular formula is C24H23FN2O4S. The lowest BCUT2D eigenvalue weighted by Gasteiger charge is -2.13. The van der Waals surface area contributed by atoms with E-state index in [-0.39, 0.29) is 22.6 Å². The van der Waals surface area contributed by atoms with E-state index in [2.05, 4.69) is 10.0 Å². The van der Waals surface area contributed by atoms with E-state index in [0.29, 0.717) is 11.3 Å². The smallest absolute Gasteiger partial charge is 0.261 e. The number of nitrogens with one attached hydrogen (secondary N) is 2. The van der Waals surface area contributed by atoms with Gasteiger partial charge in [-0.15, -0.1) is 0 Å². The molecule has 1 aliphatic rings. The fourth-order valence-electron chi connectivity index (χ4n) is 3.55. The number of rotatable bonds is 7. The van der Waals surface area contributed by atoms with E-state index in [1.807, 2.05) is 12.1 Å². The quantitative estimate of drug-likeness (QED) is 0.514. The van der Waals surface area contributed by atoms with E-state index in [4.69, 9.17) is 4.74 Å². The highest BCUT2D eigenvalue weighted by molar-refractivity contribution is 7.92. The Morgan fingerprint density at radius 1 is 0.906 bits per heavy atom. The van der Waals surface area contributed by atoms with E-state index in [0.717, 1.165) is 18.6 Å². The van der Waals surface area contributed by atoms with Crippen molar-refractivity contribution in [2.75, 3.05) is 10.0 Å². The molecule has 0 aliphatic heterocycles. The van der Waals surface area contributed by atoms with Gasteiger partial charge in [-0.1, -0.05) is 12.1 Å². The lowest BCUT2D eigenvalue weighted by Crippen LogP contribution is -2.15. The minimum atomic E-state index is -3.99. The third-order valence-electron chi connectivity index (χ3n) is 5.26. The van der Waals surface area contributed by atoms with Crippen LogP contribution in [-0.4, -0.2) is 20.4 Å². The number of hydrogen-bond acceptors (Lipinski definition) is 4. The Balaban J connectivity index is 1.39. The molecule has 2 N–H and O–H groups in total. The second-order valence-electron chi connectivity index (χ2n) is 7.61. The predicted octanol–water partition coefficient (Wildman–Crippen LogP) is 5.20. The summed E-state index contributed by atoms with van der Waals surface area (Å²) < 4.78 is 46.9. The van der Waals surface area contributed by atoms with Crippen LogP contribution in [0.25, 0.3) is 0 Å². The van der Waals surface area contributed by atoms with Gasteiger partial charge in [-0.25, -0.2) is 12.8 Å². The van der Waals surface area contributed by atoms with Gasteiger partial charge in [0.2, 0.25) is 0 Å². The van der Waals surface area contributed by atoms with Crippen molar-refractivity contribution >= 4 is 27.3 Å². The molecule has 0 heterocycles. The molecule has 32 heavy (non-hydrogen) atoms. The van der Waals surface area contributed by atoms with Gasteiger partial charge in [-0.3, -0.25) is 9.52 Å². The Bertz CT molecular complexity index is 1190. The highest BCUT2D eigenvalue weighted by Crippen LogP contribution is 2.25. The van der Waals surface area contributed by atoms with Crippen molar-refractivity contribution in [2.24, 2.45) is 0 Å². The first kappa shape index (κ1) is 21.8. The second-order valence-corrected chi connectivity index (χ2v) is 9.29. The zero-order chi connectivity index (χ0) is 22.6. The van der Waals surface area contributed by atoms with E-state index >= 15 is 0 Å². The standard InChI is InChI=1S/C24H23FN2O4S/c25-22-7-3-4-8-23(22)27-32(29,30)21-15-9-17(10-16-21)24(28)26-18-11-13-20(14-12-18)31-19-5-1-2-6-19/h3-4,7-16,19,27H,1-2,5-6H2,(H,26,28). The van der Waals surface area contributed by atoms with Crippen LogP contribution < -0.4 is 14.8 Å². The van der Waals surface area contributed by atoms with Gasteiger partial charge < -0.3 is 10.1 Å². The van der Waals surface area contributed by atoms with Crippen molar-refractivity contribution in [2.45, 2.75) is 36.7 Å². The summed E-state index contributed by atoms with van der Waals surface area (Å²) in [6, 6.07) is 18.1. The number of amides is 1. The molecule has 0 radical (unpaired) electrons. The molecule has 3 aromatic carbocycles. The first-order chi connectivity index (χ1) is 15.4. The molecule has 4 rings (SSSR count). The predicted molar refractivity (Wildman–Crippen MR) is 121 cm³/mol. The monoisotopic (exact) mass is 454 g/mol. The number of sulfonamides is 1. The van der Waals surface area contributed by atoms with E-state index in [9.17, 15) is 17.6 Å². The minimum absolute atomic E-state index is 0.0780. The summed E-state index contributed by atoms with van der Waals surface area (Å²) in [5, 5.41) is 2.78. The molecular weight excluding hydrogens is 431 g/mol. The minimum Gasteiger partial charge on any atom is -0.490 e. The molecule has 0 aromatic heterocycles. The number of benzene rings is 3. The van der Waals surface area contributed by atoms with Gasteiger partial charge in [-0.2, -0.15) is 0 Å². The number of ether oxygens (including phenoxy) is 1. The van der Waals surface area contributed by atoms with Crippen LogP contribution >= 0.6 is 0 Å². The average Bonchev–Trinajstić information content (AvgIpc) is 3.30. The molecule has 1 aliphatic carbocycles. The number of carbonyl (C=O) groups is 1. The summed E-state index contributed by atoms with van der Waals surface area (Å²) in [4.78, 5) is 12.4. The van der Waals surface area contributed by atoms with Gasteiger partial charge in [-0.05, 0) is 86.3 Å². The number of carbonyl (C=O) groups excluding carboxylic acids is 1. The zero-order valence-electron chi connectivity index (χ0n) is 17.3. The topological polar surface area (TPSA) is 84.5 Å². The molecule has 166 valence electrons. The van der Waals surface area contributed by atoms with E-state index in [1.165, 1.54) is 61.4 Å². The van der Waals surface area contributed by atoms with Crippen molar-refractivity contribution in [3.63, 3.8) is 0 Å². The third kappa shape index (κ3) is 5.26. The number of hydrogen-bond donors (Lipinski definition) is 2. The van der Waals surface area contributed by atoms with Crippen LogP contribution in [0, 0.1) is 5.82 Å². The molecule has 0 unspecified atom stereocenters. The van der Waals surface area contributed by atoms with Crippen LogP contribution in [0.15, 0.2) is 77.7 Å². The average molecular weight is 455 g/mol. The highest BCUT2D eigenvalue weighted by Gasteiger charge is 2.18. The van der Waals surface area contributed by atoms with Crippen molar-refractivity contribution in [3.05, 3.63) is 84.2 Å². The van der Waals surface area contributed by atoms with Crippen molar-refractivity contribution in [1.82, 2.24) is 0 Å². The molecule has 1 saturated carbocycles. The lowest BCUT2D eigenvalue weighted by atomic mass is 10.2. The summed E-state index contributed by atoms with van der Waals surface area (Å²) >= 11 is 0. The fourth-order valence-corrected chi connectivity index (χ4v) is 4.62. The fraction of sp³-hybridized carbons (Fsp3) is 0.208. The zero-order valence-corrected chi connectivity index (χ0v) is 18.1. The summed E-state index contributed by atoms with van der Waals surface area (Å²) in [7, 11) is -3.99. The lowest BCUT2D eigenvalue weighted by molar-refractivity contribution is 0.102. The maximum absolute atomic E-state index is 13.8. The first-order valence-electron chi connectivity index (χ1n) is 10.4. The Morgan fingerprint density at radius 3 is 2.22 bits per heavy atom. The first-order valence-corrected chi connectivity index (χ1v) is 11.8. The molecule has 8 heteroatoms. The van der Waals surface area contributed by atoms with Gasteiger partial charge >= 0.3 is 0 Å². The number of halogens is 1. The second kappa shape index (κ2) is 9.40. The van der Waals surface area contributed by atoms with Crippen LogP contribution in [-0.2, 0) is 10.0 Å². The third-order valence-corrected chi connectivity index (χ3v) is 6.64. The van der Waals surface area contributed by atoms with Crippen LogP contribution in [0.3, 0.4) is 0 Å². The van der Waals surface area contributed by atoms with Crippen molar-refractivity contribution < 1.29 is 22.3 Å². The maximum Gasteiger partial charge on any atom is 0.261 e. The summed E-state index contributed by atoms with van der Waals surface area (Å²) in [5.41, 5.74) is 0.752. The van der Waals surface area contributed by atoms with E-state index in [1.54, 1.807) is 12.1 Å². The molecule has 0 saturated heterocycles. The Kier molecular flexibility index (Phi) is 6.41. The summed E-state index contributed by atoms with van der Waals surface area (Å²) in [6.45, 7) is 0. The molecule has 0 atom stereocenters. The van der Waals surface area contributed by atoms with Crippen molar-refractivity contribution in [1.29, 1.82) is 0 Å². The van der Waals surface area contributed by atoms with Gasteiger partial charge in [0.15, 0.2) is 0 Å². The molecule has 1 fully saturated rings. The molecule has 0 spiro atoms. The molecule has 3 aromatic rings. The maximum atomic E-state index is 13.8. The van der Waals surface area contributed by atoms with Crippen LogP contribution in [0.4, 0.5) is 15.8 Å². The van der Waals surface area contributed by atoms with Gasteiger partial charge in [0.05, 0.1) is 16.7 Å². The highest BCUT2D eigenvalue weighted by atomic mass is 32.2. The Hall–Kier alpha value is -3.39. The van der Waals surface area contributed by atoms with Gasteiger partial charge in [0.1, 0.15) is 11.6 Å². The van der Waals surface area contributed by atoms with E-state index < -0.39 is 15.8 Å². The molecule has 0 bridgehead atoms. The number of anilines is 2. The van der Waals surface area contributed by atoms with Gasteiger partial charge in [0.25, 0.3) is 15.9 Å². The summed E-state index contributed by atoms with van der Waals surface area (Å²) in [5.74, 6) is -0.279.